The fourth-order valence-corrected chi connectivity index (χ4v) is 2.98. The molecule has 1 heterocycles. The molecule has 22 heavy (non-hydrogen) atoms. The monoisotopic (exact) mass is 312 g/mol. The van der Waals surface area contributed by atoms with Crippen molar-refractivity contribution in [2.45, 2.75) is 38.6 Å². The van der Waals surface area contributed by atoms with Gasteiger partial charge in [0.2, 0.25) is 0 Å². The molecule has 0 aliphatic carbocycles. The van der Waals surface area contributed by atoms with Crippen molar-refractivity contribution >= 4 is 5.78 Å². The molecule has 1 fully saturated rings. The molecule has 5 nitrogen and oxygen atoms in total. The Morgan fingerprint density at radius 1 is 0.818 bits per heavy atom. The van der Waals surface area contributed by atoms with Crippen molar-refractivity contribution in [1.29, 1.82) is 0 Å². The van der Waals surface area contributed by atoms with Crippen LogP contribution in [0, 0.1) is 0 Å². The number of rotatable bonds is 1. The summed E-state index contributed by atoms with van der Waals surface area (Å²) in [6, 6.07) is 0.0170. The molecule has 1 aliphatic rings. The number of nitrogens with one attached hydrogen (secondary N) is 1. The Balaban J connectivity index is 2.47. The molecule has 0 aromatic heterocycles. The lowest BCUT2D eigenvalue weighted by Crippen LogP contribution is -2.40. The standard InChI is InChI=1S/C17H36N4O/c1-16(22)17-8-15-21(4)14-7-13-20(3)12-6-11-19(2)10-5-9-18-17/h17-18H,5-15H2,1-4H3. The number of carbonyl (C=O) groups excluding carboxylic acids is 1. The Labute approximate surface area is 137 Å². The molecule has 0 aromatic carbocycles. The van der Waals surface area contributed by atoms with Crippen LogP contribution in [0.5, 0.6) is 0 Å². The van der Waals surface area contributed by atoms with Crippen LogP contribution < -0.4 is 5.32 Å². The maximum atomic E-state index is 11.8. The highest BCUT2D eigenvalue weighted by atomic mass is 16.1. The van der Waals surface area contributed by atoms with Crippen LogP contribution in [-0.2, 0) is 4.79 Å². The number of carbonyl (C=O) groups is 1. The van der Waals surface area contributed by atoms with Crippen LogP contribution >= 0.6 is 0 Å². The van der Waals surface area contributed by atoms with Gasteiger partial charge in [-0.05, 0) is 99.6 Å². The van der Waals surface area contributed by atoms with Gasteiger partial charge in [-0.2, -0.15) is 0 Å². The summed E-state index contributed by atoms with van der Waals surface area (Å²) in [5, 5.41) is 3.44. The Morgan fingerprint density at radius 3 is 1.77 bits per heavy atom. The van der Waals surface area contributed by atoms with Crippen molar-refractivity contribution in [1.82, 2.24) is 20.0 Å². The van der Waals surface area contributed by atoms with Crippen molar-refractivity contribution in [2.24, 2.45) is 0 Å². The van der Waals surface area contributed by atoms with E-state index < -0.39 is 0 Å². The molecule has 0 saturated carbocycles. The Bertz CT molecular complexity index is 311. The number of Topliss-reactive ketones (excluding diaryl/α,β-unsaturated/α-hetero) is 1. The van der Waals surface area contributed by atoms with E-state index in [4.69, 9.17) is 0 Å². The maximum absolute atomic E-state index is 11.8. The van der Waals surface area contributed by atoms with E-state index in [1.165, 1.54) is 19.4 Å². The first kappa shape index (κ1) is 19.6. The van der Waals surface area contributed by atoms with Gasteiger partial charge in [0, 0.05) is 0 Å². The summed E-state index contributed by atoms with van der Waals surface area (Å²) in [4.78, 5) is 18.9. The molecule has 0 radical (unpaired) electrons. The zero-order chi connectivity index (χ0) is 16.4. The molecular weight excluding hydrogens is 276 g/mol. The summed E-state index contributed by atoms with van der Waals surface area (Å²) < 4.78 is 0. The fraction of sp³-hybridized carbons (Fsp3) is 0.941. The van der Waals surface area contributed by atoms with Crippen LogP contribution in [0.15, 0.2) is 0 Å². The molecule has 1 atom stereocenters. The smallest absolute Gasteiger partial charge is 0.146 e. The van der Waals surface area contributed by atoms with Crippen molar-refractivity contribution in [3.8, 4) is 0 Å². The average Bonchev–Trinajstić information content (AvgIpc) is 2.45. The van der Waals surface area contributed by atoms with E-state index in [1.807, 2.05) is 0 Å². The zero-order valence-corrected chi connectivity index (χ0v) is 15.1. The molecule has 1 saturated heterocycles. The lowest BCUT2D eigenvalue weighted by atomic mass is 10.1. The molecule has 1 N–H and O–H groups in total. The Hall–Kier alpha value is -0.490. The topological polar surface area (TPSA) is 38.8 Å². The summed E-state index contributed by atoms with van der Waals surface area (Å²) in [5.74, 6) is 0.266. The van der Waals surface area contributed by atoms with Gasteiger partial charge in [0.1, 0.15) is 5.78 Å². The molecule has 0 aromatic rings. The molecule has 1 rings (SSSR count). The first-order valence-corrected chi connectivity index (χ1v) is 8.78. The second-order valence-corrected chi connectivity index (χ2v) is 6.88. The quantitative estimate of drug-likeness (QED) is 0.779. The third-order valence-electron chi connectivity index (χ3n) is 4.56. The van der Waals surface area contributed by atoms with Gasteiger partial charge in [-0.1, -0.05) is 0 Å². The molecule has 0 spiro atoms. The number of hydrogen-bond acceptors (Lipinski definition) is 5. The predicted octanol–water partition coefficient (Wildman–Crippen LogP) is 0.903. The van der Waals surface area contributed by atoms with E-state index in [0.29, 0.717) is 0 Å². The SMILES string of the molecule is CC(=O)C1CCN(C)CCCN(C)CCCN(C)CCCN1. The normalized spacial score (nSPS) is 26.8. The van der Waals surface area contributed by atoms with E-state index in [9.17, 15) is 4.79 Å². The van der Waals surface area contributed by atoms with Gasteiger partial charge < -0.3 is 20.0 Å². The van der Waals surface area contributed by atoms with Gasteiger partial charge in [0.05, 0.1) is 6.04 Å². The average molecular weight is 313 g/mol. The van der Waals surface area contributed by atoms with Gasteiger partial charge in [-0.25, -0.2) is 0 Å². The zero-order valence-electron chi connectivity index (χ0n) is 15.1. The van der Waals surface area contributed by atoms with Crippen LogP contribution in [0.4, 0.5) is 0 Å². The Morgan fingerprint density at radius 2 is 1.27 bits per heavy atom. The molecular formula is C17H36N4O. The first-order valence-electron chi connectivity index (χ1n) is 8.78. The molecule has 0 bridgehead atoms. The molecule has 5 heteroatoms. The summed E-state index contributed by atoms with van der Waals surface area (Å²) in [6.07, 6.45) is 4.44. The molecule has 1 aliphatic heterocycles. The number of hydrogen-bond donors (Lipinski definition) is 1. The predicted molar refractivity (Wildman–Crippen MR) is 93.4 cm³/mol. The van der Waals surface area contributed by atoms with Crippen LogP contribution in [0.1, 0.15) is 32.6 Å². The fourth-order valence-electron chi connectivity index (χ4n) is 2.98. The van der Waals surface area contributed by atoms with Gasteiger partial charge in [0.15, 0.2) is 0 Å². The Kier molecular flexibility index (Phi) is 9.87. The third-order valence-corrected chi connectivity index (χ3v) is 4.56. The lowest BCUT2D eigenvalue weighted by Gasteiger charge is -2.24. The minimum atomic E-state index is 0.0170. The summed E-state index contributed by atoms with van der Waals surface area (Å²) >= 11 is 0. The van der Waals surface area contributed by atoms with Crippen molar-refractivity contribution in [3.63, 3.8) is 0 Å². The van der Waals surface area contributed by atoms with Gasteiger partial charge in [-0.3, -0.25) is 4.79 Å². The summed E-state index contributed by atoms with van der Waals surface area (Å²) in [5.41, 5.74) is 0. The van der Waals surface area contributed by atoms with E-state index in [1.54, 1.807) is 6.92 Å². The van der Waals surface area contributed by atoms with Gasteiger partial charge >= 0.3 is 0 Å². The molecule has 130 valence electrons. The van der Waals surface area contributed by atoms with E-state index >= 15 is 0 Å². The summed E-state index contributed by atoms with van der Waals surface area (Å²) in [6.45, 7) is 9.31. The van der Waals surface area contributed by atoms with E-state index in [-0.39, 0.29) is 11.8 Å². The highest BCUT2D eigenvalue weighted by Gasteiger charge is 2.14. The van der Waals surface area contributed by atoms with Crippen LogP contribution in [0.3, 0.4) is 0 Å². The molecule has 0 amide bonds. The number of ketones is 1. The molecule has 1 unspecified atom stereocenters. The van der Waals surface area contributed by atoms with Crippen molar-refractivity contribution in [3.05, 3.63) is 0 Å². The van der Waals surface area contributed by atoms with Crippen molar-refractivity contribution in [2.75, 3.05) is 67.0 Å². The lowest BCUT2D eigenvalue weighted by molar-refractivity contribution is -0.119. The third kappa shape index (κ3) is 8.83. The van der Waals surface area contributed by atoms with E-state index in [0.717, 1.165) is 52.1 Å². The van der Waals surface area contributed by atoms with Crippen LogP contribution in [0.25, 0.3) is 0 Å². The largest absolute Gasteiger partial charge is 0.307 e. The van der Waals surface area contributed by atoms with E-state index in [2.05, 4.69) is 41.2 Å². The second-order valence-electron chi connectivity index (χ2n) is 6.88. The minimum absolute atomic E-state index is 0.0170. The minimum Gasteiger partial charge on any atom is -0.307 e. The van der Waals surface area contributed by atoms with Crippen LogP contribution in [0.2, 0.25) is 0 Å². The van der Waals surface area contributed by atoms with Gasteiger partial charge in [0.25, 0.3) is 0 Å². The first-order chi connectivity index (χ1) is 10.5. The highest BCUT2D eigenvalue weighted by Crippen LogP contribution is 2.01. The highest BCUT2D eigenvalue weighted by molar-refractivity contribution is 5.81. The number of nitrogens with zero attached hydrogens (tertiary/aromatic N) is 3. The van der Waals surface area contributed by atoms with Crippen molar-refractivity contribution < 1.29 is 4.79 Å². The van der Waals surface area contributed by atoms with Gasteiger partial charge in [-0.15, -0.1) is 0 Å². The maximum Gasteiger partial charge on any atom is 0.146 e. The second kappa shape index (κ2) is 11.1. The van der Waals surface area contributed by atoms with Crippen LogP contribution in [-0.4, -0.2) is 93.5 Å². The summed E-state index contributed by atoms with van der Waals surface area (Å²) in [7, 11) is 6.58.